The normalized spacial score (nSPS) is 16.4. The van der Waals surface area contributed by atoms with Crippen molar-refractivity contribution in [1.29, 1.82) is 10.7 Å². The summed E-state index contributed by atoms with van der Waals surface area (Å²) in [7, 11) is 0. The van der Waals surface area contributed by atoms with Crippen LogP contribution in [-0.2, 0) is 0 Å². The molecule has 0 saturated carbocycles. The molecule has 0 bridgehead atoms. The van der Waals surface area contributed by atoms with E-state index < -0.39 is 0 Å². The van der Waals surface area contributed by atoms with E-state index in [1.54, 1.807) is 0 Å². The maximum Gasteiger partial charge on any atom is 0.212 e. The lowest BCUT2D eigenvalue weighted by Crippen LogP contribution is -2.60. The van der Waals surface area contributed by atoms with Gasteiger partial charge in [0.15, 0.2) is 6.19 Å². The van der Waals surface area contributed by atoms with Crippen LogP contribution < -0.4 is 9.80 Å². The zero-order valence-corrected chi connectivity index (χ0v) is 18.2. The number of hydrogen-bond acceptors (Lipinski definition) is 5. The van der Waals surface area contributed by atoms with E-state index in [-0.39, 0.29) is 12.0 Å². The van der Waals surface area contributed by atoms with Gasteiger partial charge in [0.1, 0.15) is 5.82 Å². The van der Waals surface area contributed by atoms with Gasteiger partial charge in [-0.25, -0.2) is 9.88 Å². The SMILES string of the molecule is Cc1ccccc1N(C#N)C(=N)N1CCN(c2cnc3ccccc3n2)C[C@H]1C(C)C. The third kappa shape index (κ3) is 4.02. The van der Waals surface area contributed by atoms with Crippen LogP contribution in [0.2, 0.25) is 0 Å². The lowest BCUT2D eigenvalue weighted by atomic mass is 9.99. The van der Waals surface area contributed by atoms with E-state index in [1.807, 2.05) is 66.6 Å². The van der Waals surface area contributed by atoms with Gasteiger partial charge in [0.25, 0.3) is 0 Å². The highest BCUT2D eigenvalue weighted by atomic mass is 15.4. The molecule has 7 nitrogen and oxygen atoms in total. The fourth-order valence-electron chi connectivity index (χ4n) is 4.11. The molecule has 1 atom stereocenters. The number of aryl methyl sites for hydroxylation is 1. The number of guanidine groups is 1. The first-order valence-corrected chi connectivity index (χ1v) is 10.6. The number of aromatic nitrogens is 2. The van der Waals surface area contributed by atoms with Crippen molar-refractivity contribution >= 4 is 28.5 Å². The van der Waals surface area contributed by atoms with Crippen LogP contribution in [0, 0.1) is 29.7 Å². The summed E-state index contributed by atoms with van der Waals surface area (Å²) >= 11 is 0. The topological polar surface area (TPSA) is 83.1 Å². The molecule has 0 aliphatic carbocycles. The highest BCUT2D eigenvalue weighted by Gasteiger charge is 2.34. The smallest absolute Gasteiger partial charge is 0.212 e. The second-order valence-electron chi connectivity index (χ2n) is 8.21. The number of hydrogen-bond donors (Lipinski definition) is 1. The summed E-state index contributed by atoms with van der Waals surface area (Å²) in [4.78, 5) is 15.1. The predicted octanol–water partition coefficient (Wildman–Crippen LogP) is 4.01. The number of para-hydroxylation sites is 3. The third-order valence-electron chi connectivity index (χ3n) is 5.89. The van der Waals surface area contributed by atoms with Gasteiger partial charge in [0.05, 0.1) is 29.0 Å². The van der Waals surface area contributed by atoms with Crippen molar-refractivity contribution < 1.29 is 0 Å². The highest BCUT2D eigenvalue weighted by Crippen LogP contribution is 2.26. The Morgan fingerprint density at radius 3 is 2.55 bits per heavy atom. The summed E-state index contributed by atoms with van der Waals surface area (Å²) in [6, 6.07) is 15.6. The van der Waals surface area contributed by atoms with Crippen molar-refractivity contribution in [3.63, 3.8) is 0 Å². The minimum atomic E-state index is 0.0781. The summed E-state index contributed by atoms with van der Waals surface area (Å²) in [5.74, 6) is 1.38. The molecule has 1 aliphatic heterocycles. The molecule has 4 rings (SSSR count). The van der Waals surface area contributed by atoms with Gasteiger partial charge in [-0.2, -0.15) is 5.26 Å². The number of benzene rings is 2. The predicted molar refractivity (Wildman–Crippen MR) is 124 cm³/mol. The van der Waals surface area contributed by atoms with Gasteiger partial charge in [0.2, 0.25) is 5.96 Å². The molecular formula is C24H27N7. The fourth-order valence-corrected chi connectivity index (χ4v) is 4.11. The van der Waals surface area contributed by atoms with Crippen LogP contribution in [0.25, 0.3) is 11.0 Å². The molecule has 0 amide bonds. The summed E-state index contributed by atoms with van der Waals surface area (Å²) in [5, 5.41) is 18.7. The molecule has 0 unspecified atom stereocenters. The first-order valence-electron chi connectivity index (χ1n) is 10.6. The van der Waals surface area contributed by atoms with Crippen molar-refractivity contribution in [3.05, 3.63) is 60.3 Å². The van der Waals surface area contributed by atoms with E-state index in [0.29, 0.717) is 19.0 Å². The summed E-state index contributed by atoms with van der Waals surface area (Å²) in [6.07, 6.45) is 4.04. The standard InChI is InChI=1S/C24H27N7/c1-17(2)22-15-29(23-14-27-19-9-5-6-10-20(19)28-23)12-13-30(22)24(26)31(16-25)21-11-7-4-8-18(21)3/h4-11,14,17,22,26H,12-13,15H2,1-3H3/t22-/m0/s1. The number of anilines is 2. The van der Waals surface area contributed by atoms with E-state index in [2.05, 4.69) is 29.9 Å². The van der Waals surface area contributed by atoms with Crippen molar-refractivity contribution in [2.75, 3.05) is 29.4 Å². The van der Waals surface area contributed by atoms with Crippen LogP contribution in [0.5, 0.6) is 0 Å². The molecule has 1 fully saturated rings. The van der Waals surface area contributed by atoms with E-state index in [1.165, 1.54) is 4.90 Å². The summed E-state index contributed by atoms with van der Waals surface area (Å²) < 4.78 is 0. The molecule has 158 valence electrons. The van der Waals surface area contributed by atoms with Crippen LogP contribution in [0.4, 0.5) is 11.5 Å². The number of piperazine rings is 1. The second-order valence-corrected chi connectivity index (χ2v) is 8.21. The Balaban J connectivity index is 1.58. The van der Waals surface area contributed by atoms with E-state index in [4.69, 9.17) is 10.4 Å². The molecule has 0 radical (unpaired) electrons. The number of nitrogens with one attached hydrogen (secondary N) is 1. The molecule has 2 aromatic carbocycles. The largest absolute Gasteiger partial charge is 0.351 e. The minimum Gasteiger partial charge on any atom is -0.351 e. The van der Waals surface area contributed by atoms with Crippen LogP contribution in [0.3, 0.4) is 0 Å². The van der Waals surface area contributed by atoms with E-state index in [0.717, 1.165) is 34.6 Å². The second kappa shape index (κ2) is 8.60. The third-order valence-corrected chi connectivity index (χ3v) is 5.89. The van der Waals surface area contributed by atoms with E-state index >= 15 is 0 Å². The first kappa shape index (κ1) is 20.6. The van der Waals surface area contributed by atoms with Crippen LogP contribution in [-0.4, -0.2) is 46.5 Å². The average Bonchev–Trinajstić information content (AvgIpc) is 2.80. The highest BCUT2D eigenvalue weighted by molar-refractivity contribution is 5.97. The van der Waals surface area contributed by atoms with Gasteiger partial charge in [-0.3, -0.25) is 10.4 Å². The molecule has 31 heavy (non-hydrogen) atoms. The molecular weight excluding hydrogens is 386 g/mol. The Labute approximate surface area is 183 Å². The number of nitriles is 1. The number of nitrogens with zero attached hydrogens (tertiary/aromatic N) is 6. The number of fused-ring (bicyclic) bond motifs is 1. The lowest BCUT2D eigenvalue weighted by molar-refractivity contribution is 0.221. The molecule has 1 saturated heterocycles. The van der Waals surface area contributed by atoms with Gasteiger partial charge in [-0.05, 0) is 36.6 Å². The maximum atomic E-state index is 9.84. The molecule has 1 aliphatic rings. The zero-order valence-electron chi connectivity index (χ0n) is 18.2. The van der Waals surface area contributed by atoms with Gasteiger partial charge >= 0.3 is 0 Å². The van der Waals surface area contributed by atoms with Gasteiger partial charge in [-0.1, -0.05) is 44.2 Å². The molecule has 1 N–H and O–H groups in total. The van der Waals surface area contributed by atoms with Gasteiger partial charge in [0, 0.05) is 19.6 Å². The Bertz CT molecular complexity index is 1130. The Morgan fingerprint density at radius 2 is 1.84 bits per heavy atom. The Kier molecular flexibility index (Phi) is 5.72. The van der Waals surface area contributed by atoms with Gasteiger partial charge in [-0.15, -0.1) is 0 Å². The van der Waals surface area contributed by atoms with Gasteiger partial charge < -0.3 is 9.80 Å². The zero-order chi connectivity index (χ0) is 22.0. The maximum absolute atomic E-state index is 9.84. The summed E-state index contributed by atoms with van der Waals surface area (Å²) in [6.45, 7) is 8.35. The average molecular weight is 414 g/mol. The Morgan fingerprint density at radius 1 is 1.13 bits per heavy atom. The summed E-state index contributed by atoms with van der Waals surface area (Å²) in [5.41, 5.74) is 3.49. The molecule has 3 aromatic rings. The lowest BCUT2D eigenvalue weighted by Gasteiger charge is -2.45. The van der Waals surface area contributed by atoms with E-state index in [9.17, 15) is 5.26 Å². The van der Waals surface area contributed by atoms with Crippen molar-refractivity contribution in [1.82, 2.24) is 14.9 Å². The van der Waals surface area contributed by atoms with Crippen LogP contribution in [0.1, 0.15) is 19.4 Å². The molecule has 7 heteroatoms. The molecule has 1 aromatic heterocycles. The monoisotopic (exact) mass is 413 g/mol. The quantitative estimate of drug-likeness (QED) is 0.302. The Hall–Kier alpha value is -3.66. The van der Waals surface area contributed by atoms with Crippen molar-refractivity contribution in [3.8, 4) is 6.19 Å². The molecule has 2 heterocycles. The van der Waals surface area contributed by atoms with Crippen LogP contribution in [0.15, 0.2) is 54.7 Å². The first-order chi connectivity index (χ1) is 15.0. The fraction of sp³-hybridized carbons (Fsp3) is 0.333. The molecule has 0 spiro atoms. The minimum absolute atomic E-state index is 0.0781. The van der Waals surface area contributed by atoms with Crippen molar-refractivity contribution in [2.45, 2.75) is 26.8 Å². The van der Waals surface area contributed by atoms with Crippen LogP contribution >= 0.6 is 0 Å². The number of rotatable bonds is 3. The van der Waals surface area contributed by atoms with Crippen molar-refractivity contribution in [2.24, 2.45) is 5.92 Å².